The van der Waals surface area contributed by atoms with Crippen LogP contribution in [0.5, 0.6) is 0 Å². The minimum Gasteiger partial charge on any atom is -0.398 e. The highest BCUT2D eigenvalue weighted by atomic mass is 16.5. The molecule has 1 aliphatic rings. The van der Waals surface area contributed by atoms with Crippen molar-refractivity contribution in [2.24, 2.45) is 0 Å². The lowest BCUT2D eigenvalue weighted by atomic mass is 10.1. The number of anilines is 1. The van der Waals surface area contributed by atoms with Crippen LogP contribution in [0.25, 0.3) is 0 Å². The molecule has 0 spiro atoms. The third-order valence-corrected chi connectivity index (χ3v) is 3.51. The Morgan fingerprint density at radius 1 is 1.35 bits per heavy atom. The molecule has 0 unspecified atom stereocenters. The molecule has 1 saturated carbocycles. The summed E-state index contributed by atoms with van der Waals surface area (Å²) in [7, 11) is 0. The van der Waals surface area contributed by atoms with Gasteiger partial charge in [0.2, 0.25) is 5.91 Å². The van der Waals surface area contributed by atoms with E-state index in [0.29, 0.717) is 25.6 Å². The molecule has 1 aromatic carbocycles. The first-order chi connectivity index (χ1) is 9.72. The van der Waals surface area contributed by atoms with Crippen LogP contribution >= 0.6 is 0 Å². The zero-order valence-corrected chi connectivity index (χ0v) is 12.2. The minimum absolute atomic E-state index is 0.173. The highest BCUT2D eigenvalue weighted by Crippen LogP contribution is 2.29. The van der Waals surface area contributed by atoms with Gasteiger partial charge in [-0.1, -0.05) is 25.1 Å². The van der Waals surface area contributed by atoms with Crippen LogP contribution in [-0.2, 0) is 16.1 Å². The number of benzene rings is 1. The van der Waals surface area contributed by atoms with Crippen molar-refractivity contribution in [3.63, 3.8) is 0 Å². The maximum atomic E-state index is 12.3. The maximum Gasteiger partial charge on any atom is 0.225 e. The number of carbonyl (C=O) groups excluding carboxylic acids is 1. The molecular formula is C16H24N2O2. The molecule has 0 bridgehead atoms. The molecule has 4 nitrogen and oxygen atoms in total. The van der Waals surface area contributed by atoms with Crippen LogP contribution in [0, 0.1) is 0 Å². The Balaban J connectivity index is 1.90. The molecule has 20 heavy (non-hydrogen) atoms. The highest BCUT2D eigenvalue weighted by molar-refractivity contribution is 5.77. The first-order valence-electron chi connectivity index (χ1n) is 7.43. The summed E-state index contributed by atoms with van der Waals surface area (Å²) in [5.41, 5.74) is 7.75. The molecular weight excluding hydrogens is 252 g/mol. The Bertz CT molecular complexity index is 444. The lowest BCUT2D eigenvalue weighted by Gasteiger charge is -2.23. The summed E-state index contributed by atoms with van der Waals surface area (Å²) < 4.78 is 5.41. The van der Waals surface area contributed by atoms with Gasteiger partial charge in [0.25, 0.3) is 0 Å². The molecule has 0 aromatic heterocycles. The number of nitrogens with two attached hydrogens (primary N) is 1. The summed E-state index contributed by atoms with van der Waals surface area (Å²) in [4.78, 5) is 14.3. The van der Waals surface area contributed by atoms with Crippen LogP contribution in [0.4, 0.5) is 5.69 Å². The van der Waals surface area contributed by atoms with Gasteiger partial charge in [-0.2, -0.15) is 0 Å². The molecule has 0 atom stereocenters. The average molecular weight is 276 g/mol. The van der Waals surface area contributed by atoms with Gasteiger partial charge >= 0.3 is 0 Å². The SMILES string of the molecule is CCCOCCC(=O)N(Cc1ccccc1N)C1CC1. The quantitative estimate of drug-likeness (QED) is 0.586. The van der Waals surface area contributed by atoms with Crippen LogP contribution in [0.1, 0.15) is 38.2 Å². The van der Waals surface area contributed by atoms with Crippen molar-refractivity contribution < 1.29 is 9.53 Å². The number of amides is 1. The molecule has 0 radical (unpaired) electrons. The number of hydrogen-bond acceptors (Lipinski definition) is 3. The van der Waals surface area contributed by atoms with Gasteiger partial charge in [0.05, 0.1) is 13.0 Å². The predicted molar refractivity (Wildman–Crippen MR) is 80.2 cm³/mol. The van der Waals surface area contributed by atoms with Gasteiger partial charge in [-0.3, -0.25) is 4.79 Å². The molecule has 1 aliphatic carbocycles. The van der Waals surface area contributed by atoms with Gasteiger partial charge < -0.3 is 15.4 Å². The van der Waals surface area contributed by atoms with Gasteiger partial charge in [0.1, 0.15) is 0 Å². The normalized spacial score (nSPS) is 14.2. The third-order valence-electron chi connectivity index (χ3n) is 3.51. The number of nitrogen functional groups attached to an aromatic ring is 1. The summed E-state index contributed by atoms with van der Waals surface area (Å²) in [6, 6.07) is 8.15. The lowest BCUT2D eigenvalue weighted by Crippen LogP contribution is -2.33. The van der Waals surface area contributed by atoms with Gasteiger partial charge in [-0.15, -0.1) is 0 Å². The van der Waals surface area contributed by atoms with Gasteiger partial charge in [0, 0.05) is 24.9 Å². The number of rotatable bonds is 8. The van der Waals surface area contributed by atoms with Crippen molar-refractivity contribution in [1.82, 2.24) is 4.90 Å². The second kappa shape index (κ2) is 7.29. The number of ether oxygens (including phenoxy) is 1. The lowest BCUT2D eigenvalue weighted by molar-refractivity contribution is -0.133. The highest BCUT2D eigenvalue weighted by Gasteiger charge is 2.32. The second-order valence-corrected chi connectivity index (χ2v) is 5.31. The van der Waals surface area contributed by atoms with Gasteiger partial charge in [-0.25, -0.2) is 0 Å². The number of para-hydroxylation sites is 1. The van der Waals surface area contributed by atoms with E-state index in [2.05, 4.69) is 6.92 Å². The number of hydrogen-bond donors (Lipinski definition) is 1. The zero-order valence-electron chi connectivity index (χ0n) is 12.2. The molecule has 1 fully saturated rings. The minimum atomic E-state index is 0.173. The van der Waals surface area contributed by atoms with Crippen molar-refractivity contribution in [3.8, 4) is 0 Å². The van der Waals surface area contributed by atoms with E-state index in [1.165, 1.54) is 0 Å². The fraction of sp³-hybridized carbons (Fsp3) is 0.562. The summed E-state index contributed by atoms with van der Waals surface area (Å²) in [5.74, 6) is 0.173. The average Bonchev–Trinajstić information content (AvgIpc) is 3.27. The van der Waals surface area contributed by atoms with E-state index in [-0.39, 0.29) is 5.91 Å². The maximum absolute atomic E-state index is 12.3. The number of nitrogens with zero attached hydrogens (tertiary/aromatic N) is 1. The van der Waals surface area contributed by atoms with Crippen LogP contribution in [0.3, 0.4) is 0 Å². The largest absolute Gasteiger partial charge is 0.398 e. The zero-order chi connectivity index (χ0) is 14.4. The Morgan fingerprint density at radius 3 is 2.75 bits per heavy atom. The Kier molecular flexibility index (Phi) is 5.41. The van der Waals surface area contributed by atoms with Crippen LogP contribution < -0.4 is 5.73 Å². The van der Waals surface area contributed by atoms with E-state index >= 15 is 0 Å². The molecule has 0 saturated heterocycles. The topological polar surface area (TPSA) is 55.6 Å². The van der Waals surface area contributed by atoms with E-state index in [1.807, 2.05) is 29.2 Å². The Morgan fingerprint density at radius 2 is 2.10 bits per heavy atom. The van der Waals surface area contributed by atoms with Crippen molar-refractivity contribution >= 4 is 11.6 Å². The molecule has 4 heteroatoms. The molecule has 1 amide bonds. The van der Waals surface area contributed by atoms with E-state index < -0.39 is 0 Å². The molecule has 1 aromatic rings. The summed E-state index contributed by atoms with van der Waals surface area (Å²) in [5, 5.41) is 0. The molecule has 0 aliphatic heterocycles. The summed E-state index contributed by atoms with van der Waals surface area (Å²) in [6.45, 7) is 3.92. The molecule has 0 heterocycles. The van der Waals surface area contributed by atoms with E-state index in [9.17, 15) is 4.79 Å². The van der Waals surface area contributed by atoms with Crippen molar-refractivity contribution in [2.45, 2.75) is 45.2 Å². The molecule has 2 N–H and O–H groups in total. The Hall–Kier alpha value is -1.55. The predicted octanol–water partition coefficient (Wildman–Crippen LogP) is 2.58. The van der Waals surface area contributed by atoms with Gasteiger partial charge in [0.15, 0.2) is 0 Å². The smallest absolute Gasteiger partial charge is 0.225 e. The molecule has 2 rings (SSSR count). The monoisotopic (exact) mass is 276 g/mol. The standard InChI is InChI=1S/C16H24N2O2/c1-2-10-20-11-9-16(19)18(14-7-8-14)12-13-5-3-4-6-15(13)17/h3-6,14H,2,7-12,17H2,1H3. The fourth-order valence-electron chi connectivity index (χ4n) is 2.22. The van der Waals surface area contributed by atoms with Crippen molar-refractivity contribution in [3.05, 3.63) is 29.8 Å². The van der Waals surface area contributed by atoms with Crippen LogP contribution in [-0.4, -0.2) is 30.1 Å². The van der Waals surface area contributed by atoms with Crippen LogP contribution in [0.15, 0.2) is 24.3 Å². The summed E-state index contributed by atoms with van der Waals surface area (Å²) >= 11 is 0. The van der Waals surface area contributed by atoms with Crippen LogP contribution in [0.2, 0.25) is 0 Å². The van der Waals surface area contributed by atoms with E-state index in [1.54, 1.807) is 0 Å². The van der Waals surface area contributed by atoms with Crippen molar-refractivity contribution in [1.29, 1.82) is 0 Å². The first-order valence-corrected chi connectivity index (χ1v) is 7.43. The third kappa shape index (κ3) is 4.23. The summed E-state index contributed by atoms with van der Waals surface area (Å²) in [6.07, 6.45) is 3.66. The van der Waals surface area contributed by atoms with Crippen molar-refractivity contribution in [2.75, 3.05) is 18.9 Å². The Labute approximate surface area is 120 Å². The van der Waals surface area contributed by atoms with Gasteiger partial charge in [-0.05, 0) is 30.9 Å². The number of carbonyl (C=O) groups is 1. The fourth-order valence-corrected chi connectivity index (χ4v) is 2.22. The second-order valence-electron chi connectivity index (χ2n) is 5.31. The van der Waals surface area contributed by atoms with E-state index in [0.717, 1.165) is 37.1 Å². The molecule has 110 valence electrons. The first kappa shape index (κ1) is 14.9. The van der Waals surface area contributed by atoms with E-state index in [4.69, 9.17) is 10.5 Å².